The van der Waals surface area contributed by atoms with Gasteiger partial charge in [0.15, 0.2) is 0 Å². The van der Waals surface area contributed by atoms with E-state index in [9.17, 15) is 8.78 Å². The number of nitrogens with two attached hydrogens (primary N) is 1. The van der Waals surface area contributed by atoms with Crippen LogP contribution in [-0.2, 0) is 0 Å². The van der Waals surface area contributed by atoms with Gasteiger partial charge in [0, 0.05) is 10.6 Å². The Hall–Kier alpha value is -0.970. The molecule has 0 radical (unpaired) electrons. The summed E-state index contributed by atoms with van der Waals surface area (Å²) < 4.78 is 28.0. The summed E-state index contributed by atoms with van der Waals surface area (Å²) in [6.45, 7) is 1.88. The molecule has 1 nitrogen and oxygen atoms in total. The molecular formula is C14H11BrClF2N. The fourth-order valence-corrected chi connectivity index (χ4v) is 2.57. The SMILES string of the molecule is Cc1ccc(C(N)c2c(F)ccc(Br)c2F)c(Cl)c1. The average molecular weight is 347 g/mol. The van der Waals surface area contributed by atoms with Gasteiger partial charge in [0.2, 0.25) is 0 Å². The summed E-state index contributed by atoms with van der Waals surface area (Å²) in [6, 6.07) is 6.72. The third-order valence-electron chi connectivity index (χ3n) is 2.88. The summed E-state index contributed by atoms with van der Waals surface area (Å²) in [4.78, 5) is 0. The largest absolute Gasteiger partial charge is 0.320 e. The van der Waals surface area contributed by atoms with Gasteiger partial charge in [-0.3, -0.25) is 0 Å². The lowest BCUT2D eigenvalue weighted by Crippen LogP contribution is -2.16. The molecule has 100 valence electrons. The number of hydrogen-bond acceptors (Lipinski definition) is 1. The van der Waals surface area contributed by atoms with Crippen LogP contribution in [0.4, 0.5) is 8.78 Å². The smallest absolute Gasteiger partial charge is 0.145 e. The second-order valence-electron chi connectivity index (χ2n) is 4.26. The van der Waals surface area contributed by atoms with Crippen LogP contribution in [0.15, 0.2) is 34.8 Å². The second kappa shape index (κ2) is 5.57. The summed E-state index contributed by atoms with van der Waals surface area (Å²) in [5.41, 5.74) is 7.20. The maximum absolute atomic E-state index is 14.0. The Kier molecular flexibility index (Phi) is 4.23. The maximum atomic E-state index is 14.0. The Morgan fingerprint density at radius 1 is 1.21 bits per heavy atom. The highest BCUT2D eigenvalue weighted by Gasteiger charge is 2.22. The number of benzene rings is 2. The minimum atomic E-state index is -0.953. The molecule has 2 rings (SSSR count). The summed E-state index contributed by atoms with van der Waals surface area (Å²) in [5, 5.41) is 0.395. The Bertz CT molecular complexity index is 631. The Labute approximate surface area is 123 Å². The summed E-state index contributed by atoms with van der Waals surface area (Å²) in [5.74, 6) is -1.39. The van der Waals surface area contributed by atoms with Gasteiger partial charge in [-0.2, -0.15) is 0 Å². The van der Waals surface area contributed by atoms with E-state index in [1.54, 1.807) is 18.2 Å². The van der Waals surface area contributed by atoms with Crippen molar-refractivity contribution in [2.45, 2.75) is 13.0 Å². The van der Waals surface area contributed by atoms with Crippen molar-refractivity contribution >= 4 is 27.5 Å². The highest BCUT2D eigenvalue weighted by molar-refractivity contribution is 9.10. The zero-order valence-electron chi connectivity index (χ0n) is 10.1. The molecule has 0 aliphatic heterocycles. The van der Waals surface area contributed by atoms with Crippen LogP contribution in [0.1, 0.15) is 22.7 Å². The molecule has 5 heteroatoms. The fourth-order valence-electron chi connectivity index (χ4n) is 1.87. The number of halogens is 4. The summed E-state index contributed by atoms with van der Waals surface area (Å²) >= 11 is 9.10. The average Bonchev–Trinajstić information content (AvgIpc) is 2.34. The number of hydrogen-bond donors (Lipinski definition) is 1. The Morgan fingerprint density at radius 3 is 2.53 bits per heavy atom. The zero-order valence-corrected chi connectivity index (χ0v) is 12.4. The molecular weight excluding hydrogens is 336 g/mol. The molecule has 2 N–H and O–H groups in total. The van der Waals surface area contributed by atoms with Gasteiger partial charge < -0.3 is 5.73 Å². The van der Waals surface area contributed by atoms with Crippen LogP contribution in [0.5, 0.6) is 0 Å². The standard InChI is InChI=1S/C14H11BrClF2N/c1-7-2-3-8(10(16)6-7)14(19)12-11(17)5-4-9(15)13(12)18/h2-6,14H,19H2,1H3. The second-order valence-corrected chi connectivity index (χ2v) is 5.52. The van der Waals surface area contributed by atoms with Crippen molar-refractivity contribution in [1.82, 2.24) is 0 Å². The Morgan fingerprint density at radius 2 is 1.89 bits per heavy atom. The van der Waals surface area contributed by atoms with Crippen LogP contribution in [0, 0.1) is 18.6 Å². The van der Waals surface area contributed by atoms with E-state index >= 15 is 0 Å². The monoisotopic (exact) mass is 345 g/mol. The molecule has 0 aromatic heterocycles. The first-order valence-corrected chi connectivity index (χ1v) is 6.74. The lowest BCUT2D eigenvalue weighted by Gasteiger charge is -2.17. The van der Waals surface area contributed by atoms with E-state index in [2.05, 4.69) is 15.9 Å². The van der Waals surface area contributed by atoms with Gasteiger partial charge in [-0.1, -0.05) is 23.7 Å². The van der Waals surface area contributed by atoms with E-state index in [4.69, 9.17) is 17.3 Å². The lowest BCUT2D eigenvalue weighted by molar-refractivity contribution is 0.539. The van der Waals surface area contributed by atoms with E-state index in [1.807, 2.05) is 6.92 Å². The van der Waals surface area contributed by atoms with Crippen LogP contribution in [0.25, 0.3) is 0 Å². The molecule has 0 amide bonds. The minimum Gasteiger partial charge on any atom is -0.320 e. The van der Waals surface area contributed by atoms with Crippen molar-refractivity contribution in [3.63, 3.8) is 0 Å². The predicted octanol–water partition coefficient (Wildman–Crippen LogP) is 4.74. The third-order valence-corrected chi connectivity index (χ3v) is 3.82. The minimum absolute atomic E-state index is 0.169. The van der Waals surface area contributed by atoms with Crippen LogP contribution < -0.4 is 5.73 Å². The van der Waals surface area contributed by atoms with Crippen LogP contribution >= 0.6 is 27.5 Å². The van der Waals surface area contributed by atoms with Gasteiger partial charge in [0.1, 0.15) is 11.6 Å². The van der Waals surface area contributed by atoms with E-state index in [0.717, 1.165) is 5.56 Å². The van der Waals surface area contributed by atoms with Gasteiger partial charge >= 0.3 is 0 Å². The van der Waals surface area contributed by atoms with Crippen molar-refractivity contribution < 1.29 is 8.78 Å². The molecule has 0 aliphatic rings. The number of rotatable bonds is 2. The van der Waals surface area contributed by atoms with Crippen LogP contribution in [0.3, 0.4) is 0 Å². The highest BCUT2D eigenvalue weighted by atomic mass is 79.9. The van der Waals surface area contributed by atoms with E-state index in [0.29, 0.717) is 10.6 Å². The van der Waals surface area contributed by atoms with E-state index in [1.165, 1.54) is 12.1 Å². The molecule has 0 bridgehead atoms. The van der Waals surface area contributed by atoms with Crippen molar-refractivity contribution in [2.75, 3.05) is 0 Å². The van der Waals surface area contributed by atoms with Gasteiger partial charge in [-0.15, -0.1) is 0 Å². The summed E-state index contributed by atoms with van der Waals surface area (Å²) in [6.07, 6.45) is 0. The van der Waals surface area contributed by atoms with Gasteiger partial charge in [-0.05, 0) is 52.2 Å². The first kappa shape index (κ1) is 14.4. The van der Waals surface area contributed by atoms with E-state index < -0.39 is 17.7 Å². The highest BCUT2D eigenvalue weighted by Crippen LogP contribution is 2.32. The molecule has 0 fully saturated rings. The topological polar surface area (TPSA) is 26.0 Å². The van der Waals surface area contributed by atoms with Gasteiger partial charge in [0.05, 0.1) is 10.5 Å². The maximum Gasteiger partial charge on any atom is 0.145 e. The first-order valence-electron chi connectivity index (χ1n) is 5.57. The zero-order chi connectivity index (χ0) is 14.2. The Balaban J connectivity index is 2.56. The molecule has 2 aromatic carbocycles. The van der Waals surface area contributed by atoms with Crippen LogP contribution in [0.2, 0.25) is 5.02 Å². The van der Waals surface area contributed by atoms with E-state index in [-0.39, 0.29) is 10.0 Å². The molecule has 2 aromatic rings. The molecule has 0 saturated heterocycles. The quantitative estimate of drug-likeness (QED) is 0.781. The molecule has 0 heterocycles. The van der Waals surface area contributed by atoms with Crippen LogP contribution in [-0.4, -0.2) is 0 Å². The van der Waals surface area contributed by atoms with Gasteiger partial charge in [-0.25, -0.2) is 8.78 Å². The molecule has 0 aliphatic carbocycles. The molecule has 0 saturated carbocycles. The molecule has 1 unspecified atom stereocenters. The fraction of sp³-hybridized carbons (Fsp3) is 0.143. The van der Waals surface area contributed by atoms with Crippen molar-refractivity contribution in [3.8, 4) is 0 Å². The summed E-state index contributed by atoms with van der Waals surface area (Å²) in [7, 11) is 0. The molecule has 19 heavy (non-hydrogen) atoms. The lowest BCUT2D eigenvalue weighted by atomic mass is 9.97. The third kappa shape index (κ3) is 2.81. The first-order chi connectivity index (χ1) is 8.91. The predicted molar refractivity (Wildman–Crippen MR) is 76.3 cm³/mol. The number of aryl methyl sites for hydroxylation is 1. The van der Waals surface area contributed by atoms with Gasteiger partial charge in [0.25, 0.3) is 0 Å². The normalized spacial score (nSPS) is 12.5. The molecule has 0 spiro atoms. The van der Waals surface area contributed by atoms with Crippen molar-refractivity contribution in [2.24, 2.45) is 5.73 Å². The molecule has 1 atom stereocenters. The van der Waals surface area contributed by atoms with Crippen molar-refractivity contribution in [3.05, 3.63) is 68.2 Å². The van der Waals surface area contributed by atoms with Crippen molar-refractivity contribution in [1.29, 1.82) is 0 Å².